The van der Waals surface area contributed by atoms with Gasteiger partial charge >= 0.3 is 0 Å². The van der Waals surface area contributed by atoms with Crippen LogP contribution < -0.4 is 14.8 Å². The average molecular weight is 271 g/mol. The molecule has 0 spiro atoms. The Kier molecular flexibility index (Phi) is 5.02. The van der Waals surface area contributed by atoms with Crippen LogP contribution in [0.3, 0.4) is 0 Å². The minimum atomic E-state index is 0.294. The lowest BCUT2D eigenvalue weighted by Crippen LogP contribution is -2.18. The fourth-order valence-electron chi connectivity index (χ4n) is 2.12. The summed E-state index contributed by atoms with van der Waals surface area (Å²) >= 11 is 0. The fraction of sp³-hybridized carbons (Fsp3) is 0.294. The van der Waals surface area contributed by atoms with E-state index in [9.17, 15) is 0 Å². The molecule has 0 aliphatic carbocycles. The first kappa shape index (κ1) is 14.4. The molecule has 2 rings (SSSR count). The Bertz CT molecular complexity index is 540. The van der Waals surface area contributed by atoms with Gasteiger partial charge in [0.25, 0.3) is 0 Å². The first-order valence-electron chi connectivity index (χ1n) is 6.74. The molecule has 1 unspecified atom stereocenters. The van der Waals surface area contributed by atoms with Gasteiger partial charge < -0.3 is 14.8 Å². The molecule has 3 nitrogen and oxygen atoms in total. The molecular weight excluding hydrogens is 250 g/mol. The highest BCUT2D eigenvalue weighted by atomic mass is 16.5. The first-order valence-corrected chi connectivity index (χ1v) is 6.74. The number of benzene rings is 2. The molecule has 3 heteroatoms. The van der Waals surface area contributed by atoms with Crippen molar-refractivity contribution in [3.8, 4) is 11.5 Å². The normalized spacial score (nSPS) is 11.9. The van der Waals surface area contributed by atoms with E-state index in [-0.39, 0.29) is 0 Å². The zero-order valence-electron chi connectivity index (χ0n) is 12.2. The number of nitrogens with one attached hydrogen (secondary N) is 1. The van der Waals surface area contributed by atoms with Crippen LogP contribution in [0.25, 0.3) is 0 Å². The minimum absolute atomic E-state index is 0.294. The Labute approximate surface area is 120 Å². The third kappa shape index (κ3) is 3.52. The predicted octanol–water partition coefficient (Wildman–Crippen LogP) is 3.55. The van der Waals surface area contributed by atoms with E-state index in [1.54, 1.807) is 14.2 Å². The van der Waals surface area contributed by atoms with Crippen LogP contribution in [0.2, 0.25) is 0 Å². The van der Waals surface area contributed by atoms with Crippen LogP contribution in [0.4, 0.5) is 0 Å². The molecule has 0 bridgehead atoms. The smallest absolute Gasteiger partial charge is 0.127 e. The summed E-state index contributed by atoms with van der Waals surface area (Å²) in [6.45, 7) is 2.91. The van der Waals surface area contributed by atoms with Crippen molar-refractivity contribution in [1.29, 1.82) is 0 Å². The van der Waals surface area contributed by atoms with Gasteiger partial charge in [-0.1, -0.05) is 36.4 Å². The predicted molar refractivity (Wildman–Crippen MR) is 81.2 cm³/mol. The molecule has 0 amide bonds. The maximum atomic E-state index is 5.41. The second kappa shape index (κ2) is 6.96. The van der Waals surface area contributed by atoms with Gasteiger partial charge in [0, 0.05) is 24.2 Å². The Morgan fingerprint density at radius 1 is 1.00 bits per heavy atom. The molecule has 1 atom stereocenters. The topological polar surface area (TPSA) is 30.5 Å². The van der Waals surface area contributed by atoms with Gasteiger partial charge in [-0.15, -0.1) is 0 Å². The molecule has 0 radical (unpaired) electrons. The van der Waals surface area contributed by atoms with Crippen molar-refractivity contribution in [2.45, 2.75) is 19.5 Å². The van der Waals surface area contributed by atoms with Crippen molar-refractivity contribution in [3.63, 3.8) is 0 Å². The molecule has 106 valence electrons. The Morgan fingerprint density at radius 2 is 1.75 bits per heavy atom. The van der Waals surface area contributed by atoms with E-state index in [0.717, 1.165) is 23.6 Å². The monoisotopic (exact) mass is 271 g/mol. The quantitative estimate of drug-likeness (QED) is 0.871. The van der Waals surface area contributed by atoms with Gasteiger partial charge in [-0.25, -0.2) is 0 Å². The van der Waals surface area contributed by atoms with Gasteiger partial charge in [-0.2, -0.15) is 0 Å². The van der Waals surface area contributed by atoms with Gasteiger partial charge in [0.1, 0.15) is 11.5 Å². The van der Waals surface area contributed by atoms with Crippen LogP contribution in [0, 0.1) is 0 Å². The highest BCUT2D eigenvalue weighted by molar-refractivity contribution is 5.40. The fourth-order valence-corrected chi connectivity index (χ4v) is 2.12. The first-order chi connectivity index (χ1) is 9.74. The third-order valence-corrected chi connectivity index (χ3v) is 3.39. The molecule has 0 fully saturated rings. The summed E-state index contributed by atoms with van der Waals surface area (Å²) in [5.74, 6) is 1.65. The standard InChI is InChI=1S/C17H21NO2/c1-13(14-7-5-4-6-8-14)18-12-15-9-10-16(19-2)11-17(15)20-3/h4-11,13,18H,12H2,1-3H3. The maximum absolute atomic E-state index is 5.41. The number of ether oxygens (including phenoxy) is 2. The van der Waals surface area contributed by atoms with Crippen molar-refractivity contribution in [3.05, 3.63) is 59.7 Å². The summed E-state index contributed by atoms with van der Waals surface area (Å²) in [6, 6.07) is 16.6. The van der Waals surface area contributed by atoms with Crippen molar-refractivity contribution < 1.29 is 9.47 Å². The van der Waals surface area contributed by atoms with Crippen LogP contribution in [0.1, 0.15) is 24.1 Å². The van der Waals surface area contributed by atoms with E-state index in [4.69, 9.17) is 9.47 Å². The average Bonchev–Trinajstić information content (AvgIpc) is 2.53. The van der Waals surface area contributed by atoms with Crippen LogP contribution in [-0.2, 0) is 6.54 Å². The molecule has 0 aromatic heterocycles. The lowest BCUT2D eigenvalue weighted by molar-refractivity contribution is 0.389. The summed E-state index contributed by atoms with van der Waals surface area (Å²) < 4.78 is 10.6. The van der Waals surface area contributed by atoms with E-state index in [2.05, 4.69) is 36.5 Å². The SMILES string of the molecule is COc1ccc(CNC(C)c2ccccc2)c(OC)c1. The largest absolute Gasteiger partial charge is 0.497 e. The zero-order valence-corrected chi connectivity index (χ0v) is 12.2. The zero-order chi connectivity index (χ0) is 14.4. The van der Waals surface area contributed by atoms with Crippen LogP contribution in [0.15, 0.2) is 48.5 Å². The van der Waals surface area contributed by atoms with E-state index < -0.39 is 0 Å². The number of hydrogen-bond donors (Lipinski definition) is 1. The minimum Gasteiger partial charge on any atom is -0.497 e. The molecule has 0 saturated carbocycles. The molecule has 0 aliphatic rings. The summed E-state index contributed by atoms with van der Waals surface area (Å²) in [5, 5.41) is 3.51. The highest BCUT2D eigenvalue weighted by Crippen LogP contribution is 2.25. The molecule has 2 aromatic carbocycles. The van der Waals surface area contributed by atoms with E-state index in [1.807, 2.05) is 24.3 Å². The van der Waals surface area contributed by atoms with E-state index >= 15 is 0 Å². The third-order valence-electron chi connectivity index (χ3n) is 3.39. The van der Waals surface area contributed by atoms with E-state index in [0.29, 0.717) is 6.04 Å². The molecule has 0 aliphatic heterocycles. The highest BCUT2D eigenvalue weighted by Gasteiger charge is 2.08. The summed E-state index contributed by atoms with van der Waals surface area (Å²) in [6.07, 6.45) is 0. The van der Waals surface area contributed by atoms with Gasteiger partial charge in [0.15, 0.2) is 0 Å². The Morgan fingerprint density at radius 3 is 2.40 bits per heavy atom. The molecule has 0 heterocycles. The Hall–Kier alpha value is -2.00. The summed E-state index contributed by atoms with van der Waals surface area (Å²) in [5.41, 5.74) is 2.40. The maximum Gasteiger partial charge on any atom is 0.127 e. The summed E-state index contributed by atoms with van der Waals surface area (Å²) in [4.78, 5) is 0. The van der Waals surface area contributed by atoms with Crippen molar-refractivity contribution in [2.75, 3.05) is 14.2 Å². The lowest BCUT2D eigenvalue weighted by Gasteiger charge is -2.16. The van der Waals surface area contributed by atoms with Crippen LogP contribution in [-0.4, -0.2) is 14.2 Å². The van der Waals surface area contributed by atoms with Crippen LogP contribution >= 0.6 is 0 Å². The second-order valence-corrected chi connectivity index (χ2v) is 4.69. The molecular formula is C17H21NO2. The van der Waals surface area contributed by atoms with Crippen molar-refractivity contribution >= 4 is 0 Å². The number of rotatable bonds is 6. The van der Waals surface area contributed by atoms with E-state index in [1.165, 1.54) is 5.56 Å². The molecule has 20 heavy (non-hydrogen) atoms. The molecule has 0 saturated heterocycles. The van der Waals surface area contributed by atoms with Gasteiger partial charge in [0.2, 0.25) is 0 Å². The molecule has 2 aromatic rings. The summed E-state index contributed by atoms with van der Waals surface area (Å²) in [7, 11) is 3.34. The van der Waals surface area contributed by atoms with Gasteiger partial charge in [-0.3, -0.25) is 0 Å². The van der Waals surface area contributed by atoms with Crippen molar-refractivity contribution in [2.24, 2.45) is 0 Å². The lowest BCUT2D eigenvalue weighted by atomic mass is 10.1. The molecule has 1 N–H and O–H groups in total. The van der Waals surface area contributed by atoms with Gasteiger partial charge in [0.05, 0.1) is 14.2 Å². The number of hydrogen-bond acceptors (Lipinski definition) is 3. The number of methoxy groups -OCH3 is 2. The van der Waals surface area contributed by atoms with Crippen molar-refractivity contribution in [1.82, 2.24) is 5.32 Å². The Balaban J connectivity index is 2.03. The second-order valence-electron chi connectivity index (χ2n) is 4.69. The van der Waals surface area contributed by atoms with Crippen LogP contribution in [0.5, 0.6) is 11.5 Å². The van der Waals surface area contributed by atoms with Gasteiger partial charge in [-0.05, 0) is 18.6 Å².